The van der Waals surface area contributed by atoms with Gasteiger partial charge in [0.25, 0.3) is 5.56 Å². The second kappa shape index (κ2) is 6.16. The fraction of sp³-hybridized carbons (Fsp3) is 0.533. The monoisotopic (exact) mass is 333 g/mol. The van der Waals surface area contributed by atoms with Crippen molar-refractivity contribution in [2.75, 3.05) is 5.01 Å². The zero-order chi connectivity index (χ0) is 17.4. The first-order valence-corrected chi connectivity index (χ1v) is 8.07. The van der Waals surface area contributed by atoms with E-state index in [4.69, 9.17) is 11.6 Å². The molecule has 1 aliphatic rings. The van der Waals surface area contributed by atoms with Crippen molar-refractivity contribution >= 4 is 17.1 Å². The summed E-state index contributed by atoms with van der Waals surface area (Å²) in [6.07, 6.45) is 7.35. The lowest BCUT2D eigenvalue weighted by Gasteiger charge is -2.23. The molecule has 0 atom stereocenters. The van der Waals surface area contributed by atoms with Crippen molar-refractivity contribution < 1.29 is 0 Å². The summed E-state index contributed by atoms with van der Waals surface area (Å²) in [5.74, 6) is 6.62. The Bertz CT molecular complexity index is 899. The number of nitrogens with one attached hydrogen (secondary N) is 1. The number of allylic oxidation sites excluding steroid dienone is 1. The van der Waals surface area contributed by atoms with Gasteiger partial charge in [-0.2, -0.15) is 4.98 Å². The predicted molar refractivity (Wildman–Crippen MR) is 92.1 cm³/mol. The summed E-state index contributed by atoms with van der Waals surface area (Å²) in [6, 6.07) is 0. The molecule has 2 aromatic rings. The summed E-state index contributed by atoms with van der Waals surface area (Å²) in [5, 5.41) is 1.27. The molecule has 0 saturated heterocycles. The number of aromatic amines is 1. The first-order chi connectivity index (χ1) is 11.4. The molecule has 0 unspecified atom stereocenters. The molecule has 1 fully saturated rings. The summed E-state index contributed by atoms with van der Waals surface area (Å²) in [6.45, 7) is 0. The smallest absolute Gasteiger partial charge is 0.332 e. The Labute approximate surface area is 138 Å². The Morgan fingerprint density at radius 1 is 1.25 bits per heavy atom. The third-order valence-corrected chi connectivity index (χ3v) is 4.69. The molecule has 0 radical (unpaired) electrons. The topological polar surface area (TPSA) is 128 Å². The van der Waals surface area contributed by atoms with Gasteiger partial charge in [0.2, 0.25) is 5.95 Å². The van der Waals surface area contributed by atoms with Gasteiger partial charge in [-0.15, -0.1) is 0 Å². The van der Waals surface area contributed by atoms with E-state index in [1.165, 1.54) is 35.9 Å². The number of hydrazine groups is 1. The van der Waals surface area contributed by atoms with Crippen molar-refractivity contribution in [1.82, 2.24) is 19.1 Å². The minimum Gasteiger partial charge on any atom is -0.401 e. The standard InChI is InChI=1S/C15H23N7O2/c1-20-12-11(13(23)21(2)15(20)24)18-14(19-12)22(17)8-10(16)9-6-4-3-5-7-9/h8-9H,3-7,16-17H2,1-2H3,(H,18,19)/b10-8-. The van der Waals surface area contributed by atoms with Crippen LogP contribution >= 0.6 is 0 Å². The molecule has 130 valence electrons. The highest BCUT2D eigenvalue weighted by atomic mass is 16.2. The van der Waals surface area contributed by atoms with Crippen molar-refractivity contribution in [3.05, 3.63) is 32.7 Å². The van der Waals surface area contributed by atoms with Gasteiger partial charge in [-0.3, -0.25) is 18.9 Å². The lowest BCUT2D eigenvalue weighted by Crippen LogP contribution is -2.36. The van der Waals surface area contributed by atoms with E-state index in [0.29, 0.717) is 11.6 Å². The number of aromatic nitrogens is 4. The maximum absolute atomic E-state index is 12.2. The predicted octanol–water partition coefficient (Wildman–Crippen LogP) is 0.0208. The van der Waals surface area contributed by atoms with Crippen LogP contribution in [0.3, 0.4) is 0 Å². The SMILES string of the molecule is Cn1c(=O)c2[nH]c(N(N)/C=C(\N)C3CCCCC3)nc2n(C)c1=O. The van der Waals surface area contributed by atoms with Gasteiger partial charge >= 0.3 is 5.69 Å². The third kappa shape index (κ3) is 2.71. The van der Waals surface area contributed by atoms with Gasteiger partial charge in [0.15, 0.2) is 11.2 Å². The van der Waals surface area contributed by atoms with E-state index in [0.717, 1.165) is 17.4 Å². The van der Waals surface area contributed by atoms with Crippen LogP contribution in [0.5, 0.6) is 0 Å². The molecule has 5 N–H and O–H groups in total. The van der Waals surface area contributed by atoms with Crippen LogP contribution in [-0.2, 0) is 14.1 Å². The zero-order valence-electron chi connectivity index (χ0n) is 14.0. The highest BCUT2D eigenvalue weighted by Crippen LogP contribution is 2.27. The number of hydrogen-bond acceptors (Lipinski definition) is 6. The summed E-state index contributed by atoms with van der Waals surface area (Å²) in [7, 11) is 2.98. The molecule has 2 aromatic heterocycles. The average Bonchev–Trinajstić information content (AvgIpc) is 3.04. The molecule has 0 aromatic carbocycles. The molecule has 1 saturated carbocycles. The fourth-order valence-electron chi connectivity index (χ4n) is 3.20. The number of nitrogens with zero attached hydrogens (tertiary/aromatic N) is 4. The molecule has 3 rings (SSSR count). The number of imidazole rings is 1. The van der Waals surface area contributed by atoms with Gasteiger partial charge in [-0.25, -0.2) is 10.6 Å². The molecule has 9 heteroatoms. The summed E-state index contributed by atoms with van der Waals surface area (Å²) in [5.41, 5.74) is 6.49. The van der Waals surface area contributed by atoms with Crippen LogP contribution in [0, 0.1) is 5.92 Å². The van der Waals surface area contributed by atoms with Gasteiger partial charge in [0.05, 0.1) is 0 Å². The van der Waals surface area contributed by atoms with Gasteiger partial charge in [0, 0.05) is 26.0 Å². The summed E-state index contributed by atoms with van der Waals surface area (Å²) >= 11 is 0. The van der Waals surface area contributed by atoms with Crippen molar-refractivity contribution in [2.45, 2.75) is 32.1 Å². The van der Waals surface area contributed by atoms with E-state index >= 15 is 0 Å². The van der Waals surface area contributed by atoms with E-state index in [1.807, 2.05) is 0 Å². The van der Waals surface area contributed by atoms with Crippen LogP contribution in [-0.4, -0.2) is 19.1 Å². The van der Waals surface area contributed by atoms with E-state index in [9.17, 15) is 9.59 Å². The van der Waals surface area contributed by atoms with Crippen LogP contribution in [0.25, 0.3) is 11.2 Å². The molecule has 9 nitrogen and oxygen atoms in total. The number of rotatable bonds is 3. The van der Waals surface area contributed by atoms with E-state index in [2.05, 4.69) is 9.97 Å². The highest BCUT2D eigenvalue weighted by Gasteiger charge is 2.18. The Balaban J connectivity index is 1.97. The zero-order valence-corrected chi connectivity index (χ0v) is 14.0. The molecular formula is C15H23N7O2. The first kappa shape index (κ1) is 16.3. The van der Waals surface area contributed by atoms with Crippen LogP contribution in [0.1, 0.15) is 32.1 Å². The maximum atomic E-state index is 12.2. The second-order valence-corrected chi connectivity index (χ2v) is 6.34. The third-order valence-electron chi connectivity index (χ3n) is 4.69. The highest BCUT2D eigenvalue weighted by molar-refractivity contribution is 5.73. The molecule has 0 bridgehead atoms. The normalized spacial score (nSPS) is 16.7. The van der Waals surface area contributed by atoms with Crippen LogP contribution in [0.2, 0.25) is 0 Å². The number of anilines is 1. The van der Waals surface area contributed by atoms with Crippen molar-refractivity contribution in [3.8, 4) is 0 Å². The van der Waals surface area contributed by atoms with Gasteiger partial charge in [-0.05, 0) is 18.8 Å². The average molecular weight is 333 g/mol. The van der Waals surface area contributed by atoms with Crippen LogP contribution < -0.4 is 27.8 Å². The molecule has 1 aliphatic carbocycles. The first-order valence-electron chi connectivity index (χ1n) is 8.07. The molecule has 0 amide bonds. The Kier molecular flexibility index (Phi) is 4.18. The quantitative estimate of drug-likeness (QED) is 0.537. The summed E-state index contributed by atoms with van der Waals surface area (Å²) in [4.78, 5) is 31.3. The number of hydrogen-bond donors (Lipinski definition) is 3. The van der Waals surface area contributed by atoms with Crippen LogP contribution in [0.15, 0.2) is 21.5 Å². The molecule has 0 aliphatic heterocycles. The van der Waals surface area contributed by atoms with Gasteiger partial charge in [0.1, 0.15) is 0 Å². The summed E-state index contributed by atoms with van der Waals surface area (Å²) < 4.78 is 2.33. The Hall–Kier alpha value is -2.55. The number of fused-ring (bicyclic) bond motifs is 1. The number of aryl methyl sites for hydroxylation is 1. The minimum absolute atomic E-state index is 0.231. The molecule has 0 spiro atoms. The molecule has 24 heavy (non-hydrogen) atoms. The molecular weight excluding hydrogens is 310 g/mol. The van der Waals surface area contributed by atoms with Crippen molar-refractivity contribution in [3.63, 3.8) is 0 Å². The lowest BCUT2D eigenvalue weighted by atomic mass is 9.87. The maximum Gasteiger partial charge on any atom is 0.332 e. The van der Waals surface area contributed by atoms with Gasteiger partial charge < -0.3 is 10.7 Å². The Morgan fingerprint density at radius 3 is 2.58 bits per heavy atom. The number of nitrogens with two attached hydrogens (primary N) is 2. The van der Waals surface area contributed by atoms with Crippen molar-refractivity contribution in [1.29, 1.82) is 0 Å². The Morgan fingerprint density at radius 2 is 1.92 bits per heavy atom. The van der Waals surface area contributed by atoms with E-state index in [-0.39, 0.29) is 17.1 Å². The van der Waals surface area contributed by atoms with Gasteiger partial charge in [-0.1, -0.05) is 19.3 Å². The lowest BCUT2D eigenvalue weighted by molar-refractivity contribution is 0.399. The van der Waals surface area contributed by atoms with Crippen LogP contribution in [0.4, 0.5) is 5.95 Å². The van der Waals surface area contributed by atoms with Crippen molar-refractivity contribution in [2.24, 2.45) is 31.6 Å². The number of H-pyrrole nitrogens is 1. The fourth-order valence-corrected chi connectivity index (χ4v) is 3.20. The van der Waals surface area contributed by atoms with E-state index < -0.39 is 11.2 Å². The van der Waals surface area contributed by atoms with E-state index in [1.54, 1.807) is 13.2 Å². The minimum atomic E-state index is -0.440. The largest absolute Gasteiger partial charge is 0.401 e. The molecule has 2 heterocycles. The second-order valence-electron chi connectivity index (χ2n) is 6.34.